The van der Waals surface area contributed by atoms with Crippen LogP contribution in [0.15, 0.2) is 152 Å². The van der Waals surface area contributed by atoms with Crippen LogP contribution < -0.4 is 16.0 Å². The molecule has 1 aromatic heterocycles. The highest BCUT2D eigenvalue weighted by Crippen LogP contribution is 2.37. The summed E-state index contributed by atoms with van der Waals surface area (Å²) in [7, 11) is 1.98. The van der Waals surface area contributed by atoms with Gasteiger partial charge < -0.3 is 25.6 Å². The van der Waals surface area contributed by atoms with Gasteiger partial charge in [-0.3, -0.25) is 14.4 Å². The number of aromatic nitrogens is 1. The van der Waals surface area contributed by atoms with Crippen molar-refractivity contribution < 1.29 is 24.3 Å². The number of carbonyl (C=O) groups is 4. The highest BCUT2D eigenvalue weighted by molar-refractivity contribution is 5.95. The number of amides is 3. The first-order chi connectivity index (χ1) is 26.2. The molecule has 3 amide bonds. The van der Waals surface area contributed by atoms with E-state index in [1.54, 1.807) is 24.3 Å². The standard InChI is InChI=1S/C45H44N4O5/c1-49-31-33(38-24-14-15-25-40(38)49)26-27-37(46-43(52)32-16-6-2-7-17-32)30-42(51)47-39(44(53)54)28-29-41(50)48-45(34-18-8-3-9-19-34,35-20-10-4-11-21-35)36-22-12-5-13-23-36/h2-25,31,37,39H,26-30H2,1H3,(H,46,52)(H,47,51)(H,48,50)(H,53,54). The van der Waals surface area contributed by atoms with Crippen molar-refractivity contribution in [2.75, 3.05) is 0 Å². The maximum atomic E-state index is 13.9. The molecular formula is C45H44N4O5. The number of carboxylic acid groups (broad SMARTS) is 1. The smallest absolute Gasteiger partial charge is 0.326 e. The number of hydrogen-bond donors (Lipinski definition) is 4. The van der Waals surface area contributed by atoms with E-state index in [0.717, 1.165) is 33.2 Å². The topological polar surface area (TPSA) is 130 Å². The van der Waals surface area contributed by atoms with Crippen LogP contribution in [-0.4, -0.2) is 45.4 Å². The van der Waals surface area contributed by atoms with Gasteiger partial charge in [0.25, 0.3) is 5.91 Å². The fraction of sp³-hybridized carbons (Fsp3) is 0.200. The van der Waals surface area contributed by atoms with Gasteiger partial charge >= 0.3 is 5.97 Å². The van der Waals surface area contributed by atoms with Crippen LogP contribution in [0.2, 0.25) is 0 Å². The molecule has 2 atom stereocenters. The number of fused-ring (bicyclic) bond motifs is 1. The van der Waals surface area contributed by atoms with Crippen molar-refractivity contribution in [1.82, 2.24) is 20.5 Å². The molecule has 0 aliphatic heterocycles. The molecule has 0 fully saturated rings. The number of nitrogens with zero attached hydrogens (tertiary/aromatic N) is 1. The predicted octanol–water partition coefficient (Wildman–Crippen LogP) is 6.76. The van der Waals surface area contributed by atoms with E-state index in [1.165, 1.54) is 0 Å². The Kier molecular flexibility index (Phi) is 12.0. The van der Waals surface area contributed by atoms with E-state index in [0.29, 0.717) is 18.4 Å². The summed E-state index contributed by atoms with van der Waals surface area (Å²) in [5, 5.41) is 20.1. The molecule has 6 aromatic rings. The highest BCUT2D eigenvalue weighted by atomic mass is 16.4. The Morgan fingerprint density at radius 1 is 0.648 bits per heavy atom. The molecule has 0 spiro atoms. The van der Waals surface area contributed by atoms with Gasteiger partial charge in [-0.1, -0.05) is 127 Å². The molecule has 274 valence electrons. The third-order valence-electron chi connectivity index (χ3n) is 9.79. The average molecular weight is 721 g/mol. The van der Waals surface area contributed by atoms with Gasteiger partial charge in [-0.15, -0.1) is 0 Å². The summed E-state index contributed by atoms with van der Waals surface area (Å²) in [5.41, 5.74) is 4.08. The molecule has 9 nitrogen and oxygen atoms in total. The molecule has 0 aliphatic carbocycles. The van der Waals surface area contributed by atoms with Crippen LogP contribution >= 0.6 is 0 Å². The van der Waals surface area contributed by atoms with Gasteiger partial charge in [0.15, 0.2) is 0 Å². The first-order valence-electron chi connectivity index (χ1n) is 18.1. The largest absolute Gasteiger partial charge is 0.480 e. The van der Waals surface area contributed by atoms with Crippen LogP contribution in [0.1, 0.15) is 58.3 Å². The van der Waals surface area contributed by atoms with E-state index in [4.69, 9.17) is 0 Å². The van der Waals surface area contributed by atoms with Gasteiger partial charge in [0.2, 0.25) is 11.8 Å². The Morgan fingerprint density at radius 2 is 1.17 bits per heavy atom. The maximum absolute atomic E-state index is 13.9. The van der Waals surface area contributed by atoms with Gasteiger partial charge in [0, 0.05) is 48.6 Å². The molecule has 0 saturated carbocycles. The third-order valence-corrected chi connectivity index (χ3v) is 9.79. The summed E-state index contributed by atoms with van der Waals surface area (Å²) >= 11 is 0. The monoisotopic (exact) mass is 720 g/mol. The highest BCUT2D eigenvalue weighted by Gasteiger charge is 2.38. The fourth-order valence-corrected chi connectivity index (χ4v) is 7.10. The molecule has 1 heterocycles. The minimum absolute atomic E-state index is 0.140. The first kappa shape index (κ1) is 37.3. The Bertz CT molecular complexity index is 2090. The number of carboxylic acids is 1. The molecule has 0 aliphatic rings. The summed E-state index contributed by atoms with van der Waals surface area (Å²) < 4.78 is 2.05. The second-order valence-electron chi connectivity index (χ2n) is 13.5. The van der Waals surface area contributed by atoms with Gasteiger partial charge in [-0.25, -0.2) is 4.79 Å². The number of aryl methyl sites for hydroxylation is 2. The molecule has 4 N–H and O–H groups in total. The number of nitrogens with one attached hydrogen (secondary N) is 3. The van der Waals surface area contributed by atoms with Crippen molar-refractivity contribution in [1.29, 1.82) is 0 Å². The number of rotatable bonds is 16. The lowest BCUT2D eigenvalue weighted by Gasteiger charge is -2.37. The van der Waals surface area contributed by atoms with Gasteiger partial charge in [0.05, 0.1) is 0 Å². The Morgan fingerprint density at radius 3 is 1.72 bits per heavy atom. The zero-order valence-electron chi connectivity index (χ0n) is 30.2. The van der Waals surface area contributed by atoms with Crippen LogP contribution in [0.5, 0.6) is 0 Å². The Balaban J connectivity index is 1.16. The van der Waals surface area contributed by atoms with Crippen molar-refractivity contribution >= 4 is 34.6 Å². The lowest BCUT2D eigenvalue weighted by Crippen LogP contribution is -2.49. The molecule has 9 heteroatoms. The molecular weight excluding hydrogens is 677 g/mol. The summed E-state index contributed by atoms with van der Waals surface area (Å²) in [5.74, 6) is -2.49. The SMILES string of the molecule is Cn1cc(CCC(CC(=O)NC(CCC(=O)NC(c2ccccc2)(c2ccccc2)c2ccccc2)C(=O)O)NC(=O)c2ccccc2)c2ccccc21. The van der Waals surface area contributed by atoms with Crippen LogP contribution in [0.3, 0.4) is 0 Å². The zero-order valence-corrected chi connectivity index (χ0v) is 30.2. The van der Waals surface area contributed by atoms with Crippen LogP contribution in [0.4, 0.5) is 0 Å². The number of benzene rings is 5. The number of para-hydroxylation sites is 1. The average Bonchev–Trinajstić information content (AvgIpc) is 3.53. The number of hydrogen-bond acceptors (Lipinski definition) is 4. The Hall–Kier alpha value is -6.48. The summed E-state index contributed by atoms with van der Waals surface area (Å²) in [6.07, 6.45) is 2.63. The van der Waals surface area contributed by atoms with Gasteiger partial charge in [-0.05, 0) is 59.7 Å². The van der Waals surface area contributed by atoms with Gasteiger partial charge in [-0.2, -0.15) is 0 Å². The molecule has 0 radical (unpaired) electrons. The van der Waals surface area contributed by atoms with E-state index in [-0.39, 0.29) is 31.1 Å². The normalized spacial score (nSPS) is 12.4. The molecule has 5 aromatic carbocycles. The van der Waals surface area contributed by atoms with E-state index >= 15 is 0 Å². The van der Waals surface area contributed by atoms with E-state index in [2.05, 4.69) is 16.0 Å². The van der Waals surface area contributed by atoms with Crippen molar-refractivity contribution in [3.63, 3.8) is 0 Å². The molecule has 6 rings (SSSR count). The summed E-state index contributed by atoms with van der Waals surface area (Å²) in [4.78, 5) is 53.1. The minimum Gasteiger partial charge on any atom is -0.480 e. The third kappa shape index (κ3) is 8.75. The van der Waals surface area contributed by atoms with Crippen LogP contribution in [0.25, 0.3) is 10.9 Å². The first-order valence-corrected chi connectivity index (χ1v) is 18.1. The van der Waals surface area contributed by atoms with E-state index < -0.39 is 29.5 Å². The van der Waals surface area contributed by atoms with E-state index in [1.807, 2.05) is 139 Å². The second kappa shape index (κ2) is 17.4. The molecule has 54 heavy (non-hydrogen) atoms. The van der Waals surface area contributed by atoms with Crippen molar-refractivity contribution in [3.8, 4) is 0 Å². The lowest BCUT2D eigenvalue weighted by atomic mass is 9.77. The minimum atomic E-state index is -1.33. The molecule has 2 unspecified atom stereocenters. The predicted molar refractivity (Wildman–Crippen MR) is 210 cm³/mol. The van der Waals surface area contributed by atoms with Crippen molar-refractivity contribution in [3.05, 3.63) is 180 Å². The second-order valence-corrected chi connectivity index (χ2v) is 13.5. The quantitative estimate of drug-likeness (QED) is 0.0822. The fourth-order valence-electron chi connectivity index (χ4n) is 7.10. The zero-order chi connectivity index (χ0) is 37.9. The van der Waals surface area contributed by atoms with Crippen molar-refractivity contribution in [2.45, 2.75) is 49.7 Å². The Labute approximate surface area is 315 Å². The summed E-state index contributed by atoms with van der Waals surface area (Å²) in [6.45, 7) is 0. The molecule has 0 bridgehead atoms. The maximum Gasteiger partial charge on any atom is 0.326 e. The summed E-state index contributed by atoms with van der Waals surface area (Å²) in [6, 6.07) is 43.8. The lowest BCUT2D eigenvalue weighted by molar-refractivity contribution is -0.142. The number of aliphatic carboxylic acids is 1. The number of carbonyl (C=O) groups excluding carboxylic acids is 3. The molecule has 0 saturated heterocycles. The van der Waals surface area contributed by atoms with Crippen LogP contribution in [0, 0.1) is 0 Å². The van der Waals surface area contributed by atoms with Crippen LogP contribution in [-0.2, 0) is 33.4 Å². The van der Waals surface area contributed by atoms with Crippen molar-refractivity contribution in [2.24, 2.45) is 7.05 Å². The van der Waals surface area contributed by atoms with E-state index in [9.17, 15) is 24.3 Å². The van der Waals surface area contributed by atoms with Gasteiger partial charge in [0.1, 0.15) is 11.6 Å².